The molecule has 1 spiro atoms. The Morgan fingerprint density at radius 2 is 1.81 bits per heavy atom. The van der Waals surface area contributed by atoms with Crippen LogP contribution in [0, 0.1) is 11.3 Å². The van der Waals surface area contributed by atoms with Crippen LogP contribution in [-0.2, 0) is 4.79 Å². The molecule has 4 atom stereocenters. The Bertz CT molecular complexity index is 531. The van der Waals surface area contributed by atoms with E-state index in [2.05, 4.69) is 29.6 Å². The summed E-state index contributed by atoms with van der Waals surface area (Å²) in [5, 5.41) is 3.13. The van der Waals surface area contributed by atoms with Gasteiger partial charge in [0.25, 0.3) is 0 Å². The average Bonchev–Trinajstić information content (AvgIpc) is 2.97. The van der Waals surface area contributed by atoms with Crippen LogP contribution < -0.4 is 5.32 Å². The molecular formula is C14H13NO. The third-order valence-electron chi connectivity index (χ3n) is 5.45. The molecule has 1 N–H and O–H groups in total. The Morgan fingerprint density at radius 1 is 1.12 bits per heavy atom. The van der Waals surface area contributed by atoms with Gasteiger partial charge in [0.15, 0.2) is 0 Å². The van der Waals surface area contributed by atoms with Gasteiger partial charge in [-0.1, -0.05) is 24.3 Å². The van der Waals surface area contributed by atoms with Crippen LogP contribution in [0.1, 0.15) is 35.8 Å². The number of nitrogens with one attached hydrogen (secondary N) is 1. The molecule has 2 heteroatoms. The third-order valence-corrected chi connectivity index (χ3v) is 5.45. The van der Waals surface area contributed by atoms with E-state index in [9.17, 15) is 4.79 Å². The van der Waals surface area contributed by atoms with E-state index in [1.165, 1.54) is 24.0 Å². The third kappa shape index (κ3) is 0.580. The van der Waals surface area contributed by atoms with Crippen LogP contribution in [0.15, 0.2) is 24.3 Å². The molecule has 1 aromatic carbocycles. The van der Waals surface area contributed by atoms with Gasteiger partial charge in [-0.2, -0.15) is 0 Å². The van der Waals surface area contributed by atoms with Gasteiger partial charge in [-0.3, -0.25) is 4.79 Å². The van der Waals surface area contributed by atoms with Crippen molar-refractivity contribution in [1.29, 1.82) is 0 Å². The maximum Gasteiger partial charge on any atom is 0.226 e. The lowest BCUT2D eigenvalue weighted by Gasteiger charge is -2.40. The zero-order chi connectivity index (χ0) is 10.5. The molecular weight excluding hydrogens is 198 g/mol. The van der Waals surface area contributed by atoms with Crippen molar-refractivity contribution in [1.82, 2.24) is 5.32 Å². The fraction of sp³-hybridized carbons (Fsp3) is 0.500. The zero-order valence-electron chi connectivity index (χ0n) is 8.94. The number of β-lactam (4-membered cyclic amide) rings is 1. The number of benzene rings is 1. The Morgan fingerprint density at radius 3 is 2.44 bits per heavy atom. The standard InChI is InChI=1S/C14H13NO/c16-13-9-10-7-3-1-2-4-8(7)11(12(9)15-13)14(10)5-6-14/h1-4,9-12H,5-6H2,(H,15,16)/t9-,10-,11+,12-/m0/s1. The van der Waals surface area contributed by atoms with Gasteiger partial charge in [-0.15, -0.1) is 0 Å². The van der Waals surface area contributed by atoms with Gasteiger partial charge >= 0.3 is 0 Å². The molecule has 1 aromatic rings. The summed E-state index contributed by atoms with van der Waals surface area (Å²) in [6, 6.07) is 9.27. The van der Waals surface area contributed by atoms with Crippen molar-refractivity contribution in [3.63, 3.8) is 0 Å². The quantitative estimate of drug-likeness (QED) is 0.651. The predicted octanol–water partition coefficient (Wildman–Crippen LogP) is 1.78. The molecule has 1 saturated heterocycles. The molecule has 1 heterocycles. The molecule has 1 amide bonds. The number of carbonyl (C=O) groups is 1. The highest BCUT2D eigenvalue weighted by atomic mass is 16.2. The van der Waals surface area contributed by atoms with Crippen LogP contribution in [0.25, 0.3) is 0 Å². The summed E-state index contributed by atoms with van der Waals surface area (Å²) in [6.07, 6.45) is 2.66. The summed E-state index contributed by atoms with van der Waals surface area (Å²) in [5.41, 5.74) is 3.51. The molecule has 4 aliphatic rings. The van der Waals surface area contributed by atoms with E-state index in [-0.39, 0.29) is 0 Å². The number of rotatable bonds is 0. The monoisotopic (exact) mass is 211 g/mol. The summed E-state index contributed by atoms with van der Waals surface area (Å²) < 4.78 is 0. The van der Waals surface area contributed by atoms with E-state index in [4.69, 9.17) is 0 Å². The summed E-state index contributed by atoms with van der Waals surface area (Å²) in [6.45, 7) is 0. The van der Waals surface area contributed by atoms with Crippen molar-refractivity contribution in [2.75, 3.05) is 0 Å². The average molecular weight is 211 g/mol. The Balaban J connectivity index is 1.81. The van der Waals surface area contributed by atoms with E-state index < -0.39 is 0 Å². The molecule has 80 valence electrons. The minimum Gasteiger partial charge on any atom is -0.352 e. The van der Waals surface area contributed by atoms with Gasteiger partial charge in [0, 0.05) is 17.9 Å². The second-order valence-corrected chi connectivity index (χ2v) is 5.88. The van der Waals surface area contributed by atoms with Crippen molar-refractivity contribution >= 4 is 5.91 Å². The number of hydrogen-bond acceptors (Lipinski definition) is 1. The molecule has 2 saturated carbocycles. The Hall–Kier alpha value is -1.31. The second kappa shape index (κ2) is 2.06. The normalized spacial score (nSPS) is 43.6. The first-order valence-electron chi connectivity index (χ1n) is 6.22. The van der Waals surface area contributed by atoms with E-state index in [0.717, 1.165) is 0 Å². The Labute approximate surface area is 94.0 Å². The van der Waals surface area contributed by atoms with E-state index in [1.807, 2.05) is 0 Å². The molecule has 3 aliphatic carbocycles. The molecule has 0 aromatic heterocycles. The molecule has 5 rings (SSSR count). The molecule has 16 heavy (non-hydrogen) atoms. The number of amides is 1. The molecule has 0 unspecified atom stereocenters. The lowest BCUT2D eigenvalue weighted by molar-refractivity contribution is -0.134. The fourth-order valence-corrected chi connectivity index (χ4v) is 4.83. The molecule has 2 bridgehead atoms. The summed E-state index contributed by atoms with van der Waals surface area (Å²) in [5.74, 6) is 1.80. The van der Waals surface area contributed by atoms with Gasteiger partial charge < -0.3 is 5.32 Å². The van der Waals surface area contributed by atoms with Crippen LogP contribution in [-0.4, -0.2) is 11.9 Å². The van der Waals surface area contributed by atoms with Crippen LogP contribution >= 0.6 is 0 Å². The highest BCUT2D eigenvalue weighted by Gasteiger charge is 2.75. The van der Waals surface area contributed by atoms with Crippen molar-refractivity contribution in [3.05, 3.63) is 35.4 Å². The summed E-state index contributed by atoms with van der Waals surface area (Å²) in [7, 11) is 0. The number of carbonyl (C=O) groups excluding carboxylic acids is 1. The van der Waals surface area contributed by atoms with E-state index >= 15 is 0 Å². The minimum atomic E-state index is 0.304. The van der Waals surface area contributed by atoms with Gasteiger partial charge in [0.2, 0.25) is 5.91 Å². The van der Waals surface area contributed by atoms with Crippen molar-refractivity contribution in [3.8, 4) is 0 Å². The topological polar surface area (TPSA) is 29.1 Å². The van der Waals surface area contributed by atoms with E-state index in [1.54, 1.807) is 0 Å². The maximum atomic E-state index is 11.7. The molecule has 3 fully saturated rings. The summed E-state index contributed by atoms with van der Waals surface area (Å²) >= 11 is 0. The first kappa shape index (κ1) is 7.88. The largest absolute Gasteiger partial charge is 0.352 e. The second-order valence-electron chi connectivity index (χ2n) is 5.88. The lowest BCUT2D eigenvalue weighted by atomic mass is 9.75. The van der Waals surface area contributed by atoms with Gasteiger partial charge in [0.05, 0.1) is 5.92 Å². The molecule has 1 aliphatic heterocycles. The molecule has 0 radical (unpaired) electrons. The molecule has 2 nitrogen and oxygen atoms in total. The van der Waals surface area contributed by atoms with Crippen LogP contribution in [0.3, 0.4) is 0 Å². The van der Waals surface area contributed by atoms with Crippen molar-refractivity contribution in [2.24, 2.45) is 11.3 Å². The van der Waals surface area contributed by atoms with Gasteiger partial charge in [-0.25, -0.2) is 0 Å². The highest BCUT2D eigenvalue weighted by Crippen LogP contribution is 2.78. The van der Waals surface area contributed by atoms with Crippen molar-refractivity contribution in [2.45, 2.75) is 30.7 Å². The minimum absolute atomic E-state index is 0.304. The van der Waals surface area contributed by atoms with Gasteiger partial charge in [0.1, 0.15) is 0 Å². The predicted molar refractivity (Wildman–Crippen MR) is 59.0 cm³/mol. The van der Waals surface area contributed by atoms with Crippen molar-refractivity contribution < 1.29 is 4.79 Å². The smallest absolute Gasteiger partial charge is 0.226 e. The SMILES string of the molecule is O=C1N[C@H]2[C@@H]1[C@@H]1c3ccccc3[C@H]2C12CC2. The number of hydrogen-bond donors (Lipinski definition) is 1. The fourth-order valence-electron chi connectivity index (χ4n) is 4.83. The van der Waals surface area contributed by atoms with Gasteiger partial charge in [-0.05, 0) is 29.4 Å². The maximum absolute atomic E-state index is 11.7. The first-order valence-corrected chi connectivity index (χ1v) is 6.22. The first-order chi connectivity index (χ1) is 7.83. The Kier molecular flexibility index (Phi) is 1.02. The lowest BCUT2D eigenvalue weighted by Crippen LogP contribution is -2.59. The van der Waals surface area contributed by atoms with E-state index in [0.29, 0.717) is 35.1 Å². The summed E-state index contributed by atoms with van der Waals surface area (Å²) in [4.78, 5) is 11.7. The van der Waals surface area contributed by atoms with Crippen LogP contribution in [0.4, 0.5) is 0 Å². The van der Waals surface area contributed by atoms with Crippen LogP contribution in [0.5, 0.6) is 0 Å². The number of fused-ring (bicyclic) bond motifs is 6. The van der Waals surface area contributed by atoms with Crippen LogP contribution in [0.2, 0.25) is 0 Å². The zero-order valence-corrected chi connectivity index (χ0v) is 8.94. The highest BCUT2D eigenvalue weighted by molar-refractivity contribution is 5.90.